The van der Waals surface area contributed by atoms with E-state index in [0.29, 0.717) is 12.3 Å². The third-order valence-corrected chi connectivity index (χ3v) is 4.23. The summed E-state index contributed by atoms with van der Waals surface area (Å²) in [5.74, 6) is -0.296. The minimum absolute atomic E-state index is 0.149. The third kappa shape index (κ3) is 5.50. The molecular weight excluding hydrogens is 282 g/mol. The van der Waals surface area contributed by atoms with Crippen LogP contribution in [0.1, 0.15) is 66.7 Å². The molecular formula is C17H31NO4. The lowest BCUT2D eigenvalue weighted by atomic mass is 9.74. The van der Waals surface area contributed by atoms with E-state index in [4.69, 9.17) is 4.74 Å². The molecule has 1 amide bonds. The van der Waals surface area contributed by atoms with Crippen LogP contribution in [-0.4, -0.2) is 29.3 Å². The van der Waals surface area contributed by atoms with Crippen molar-refractivity contribution in [1.82, 2.24) is 5.32 Å². The van der Waals surface area contributed by atoms with Crippen LogP contribution in [0.4, 0.5) is 4.79 Å². The molecule has 2 N–H and O–H groups in total. The van der Waals surface area contributed by atoms with Crippen molar-refractivity contribution in [2.75, 3.05) is 6.54 Å². The van der Waals surface area contributed by atoms with Crippen molar-refractivity contribution in [3.8, 4) is 0 Å². The van der Waals surface area contributed by atoms with Crippen molar-refractivity contribution in [1.29, 1.82) is 0 Å². The Morgan fingerprint density at radius 1 is 1.32 bits per heavy atom. The Kier molecular flexibility index (Phi) is 6.27. The van der Waals surface area contributed by atoms with Crippen LogP contribution in [0.5, 0.6) is 0 Å². The summed E-state index contributed by atoms with van der Waals surface area (Å²) in [7, 11) is 0. The van der Waals surface area contributed by atoms with E-state index in [1.807, 2.05) is 0 Å². The average Bonchev–Trinajstić information content (AvgIpc) is 3.16. The second-order valence-corrected chi connectivity index (χ2v) is 7.69. The fraction of sp³-hybridized carbons (Fsp3) is 0.882. The van der Waals surface area contributed by atoms with E-state index >= 15 is 0 Å². The minimum atomic E-state index is -0.856. The molecule has 22 heavy (non-hydrogen) atoms. The summed E-state index contributed by atoms with van der Waals surface area (Å²) in [5.41, 5.74) is -1.43. The van der Waals surface area contributed by atoms with Gasteiger partial charge in [0.25, 0.3) is 0 Å². The zero-order valence-corrected chi connectivity index (χ0v) is 14.6. The Morgan fingerprint density at radius 2 is 1.91 bits per heavy atom. The van der Waals surface area contributed by atoms with Gasteiger partial charge in [0, 0.05) is 6.54 Å². The first kappa shape index (κ1) is 18.8. The maximum atomic E-state index is 11.9. The average molecular weight is 313 g/mol. The molecule has 0 aromatic heterocycles. The normalized spacial score (nSPS) is 19.1. The Morgan fingerprint density at radius 3 is 2.32 bits per heavy atom. The molecule has 2 unspecified atom stereocenters. The fourth-order valence-corrected chi connectivity index (χ4v) is 3.12. The van der Waals surface area contributed by atoms with Gasteiger partial charge in [0.2, 0.25) is 0 Å². The molecule has 1 saturated carbocycles. The number of nitrogens with one attached hydrogen (secondary N) is 1. The summed E-state index contributed by atoms with van der Waals surface area (Å²) in [5, 5.41) is 12.5. The van der Waals surface area contributed by atoms with Gasteiger partial charge in [0.05, 0.1) is 5.41 Å². The summed E-state index contributed by atoms with van der Waals surface area (Å²) in [6, 6.07) is 0. The van der Waals surface area contributed by atoms with E-state index in [2.05, 4.69) is 19.2 Å². The molecule has 5 heteroatoms. The minimum Gasteiger partial charge on any atom is -0.481 e. The zero-order valence-electron chi connectivity index (χ0n) is 14.6. The smallest absolute Gasteiger partial charge is 0.407 e. The van der Waals surface area contributed by atoms with Gasteiger partial charge in [-0.3, -0.25) is 4.79 Å². The first-order valence-electron chi connectivity index (χ1n) is 8.31. The number of amides is 1. The van der Waals surface area contributed by atoms with Gasteiger partial charge in [-0.25, -0.2) is 4.79 Å². The standard InChI is InChI=1S/C17H31NO4/c1-6-7-12(2)10-17(14(19)20,13-8-9-13)11-18-15(21)22-16(3,4)5/h12-13H,6-11H2,1-5H3,(H,18,21)(H,19,20). The maximum Gasteiger partial charge on any atom is 0.407 e. The Balaban J connectivity index is 2.74. The molecule has 0 aromatic rings. The lowest BCUT2D eigenvalue weighted by Crippen LogP contribution is -2.47. The second-order valence-electron chi connectivity index (χ2n) is 7.69. The molecule has 0 heterocycles. The molecule has 2 atom stereocenters. The SMILES string of the molecule is CCCC(C)CC(CNC(=O)OC(C)(C)C)(C(=O)O)C1CC1. The summed E-state index contributed by atoms with van der Waals surface area (Å²) in [4.78, 5) is 23.8. The lowest BCUT2D eigenvalue weighted by molar-refractivity contribution is -0.151. The topological polar surface area (TPSA) is 75.6 Å². The highest BCUT2D eigenvalue weighted by Crippen LogP contribution is 2.49. The molecule has 128 valence electrons. The molecule has 0 bridgehead atoms. The van der Waals surface area contributed by atoms with Crippen LogP contribution in [0.15, 0.2) is 0 Å². The molecule has 0 aromatic carbocycles. The van der Waals surface area contributed by atoms with Crippen LogP contribution in [-0.2, 0) is 9.53 Å². The van der Waals surface area contributed by atoms with Gasteiger partial charge in [0.1, 0.15) is 5.60 Å². The summed E-state index contributed by atoms with van der Waals surface area (Å²) in [6.07, 6.45) is 3.98. The van der Waals surface area contributed by atoms with Crippen LogP contribution in [0.3, 0.4) is 0 Å². The molecule has 1 aliphatic rings. The molecule has 0 radical (unpaired) electrons. The van der Waals surface area contributed by atoms with Gasteiger partial charge in [-0.05, 0) is 51.9 Å². The van der Waals surface area contributed by atoms with E-state index in [1.54, 1.807) is 20.8 Å². The number of ether oxygens (including phenoxy) is 1. The highest BCUT2D eigenvalue weighted by molar-refractivity contribution is 5.77. The number of carbonyl (C=O) groups excluding carboxylic acids is 1. The highest BCUT2D eigenvalue weighted by Gasteiger charge is 2.51. The van der Waals surface area contributed by atoms with E-state index < -0.39 is 23.1 Å². The molecule has 1 fully saturated rings. The highest BCUT2D eigenvalue weighted by atomic mass is 16.6. The van der Waals surface area contributed by atoms with Crippen molar-refractivity contribution in [2.45, 2.75) is 72.3 Å². The van der Waals surface area contributed by atoms with Gasteiger partial charge < -0.3 is 15.2 Å². The van der Waals surface area contributed by atoms with Gasteiger partial charge in [-0.2, -0.15) is 0 Å². The van der Waals surface area contributed by atoms with Crippen LogP contribution in [0.25, 0.3) is 0 Å². The number of rotatable bonds is 8. The Bertz CT molecular complexity index is 398. The largest absolute Gasteiger partial charge is 0.481 e. The number of aliphatic carboxylic acids is 1. The molecule has 1 aliphatic carbocycles. The predicted molar refractivity (Wildman–Crippen MR) is 85.7 cm³/mol. The molecule has 1 rings (SSSR count). The van der Waals surface area contributed by atoms with Gasteiger partial charge in [0.15, 0.2) is 0 Å². The Hall–Kier alpha value is -1.26. The van der Waals surface area contributed by atoms with Crippen molar-refractivity contribution in [3.05, 3.63) is 0 Å². The van der Waals surface area contributed by atoms with Crippen molar-refractivity contribution in [2.24, 2.45) is 17.3 Å². The first-order chi connectivity index (χ1) is 10.1. The first-order valence-corrected chi connectivity index (χ1v) is 8.31. The summed E-state index contributed by atoms with van der Waals surface area (Å²) < 4.78 is 5.22. The van der Waals surface area contributed by atoms with Crippen LogP contribution >= 0.6 is 0 Å². The Labute approximate surface area is 133 Å². The quantitative estimate of drug-likeness (QED) is 0.714. The van der Waals surface area contributed by atoms with E-state index in [-0.39, 0.29) is 12.5 Å². The number of carboxylic acid groups (broad SMARTS) is 1. The predicted octanol–water partition coefficient (Wildman–Crippen LogP) is 3.82. The van der Waals surface area contributed by atoms with Crippen LogP contribution in [0.2, 0.25) is 0 Å². The summed E-state index contributed by atoms with van der Waals surface area (Å²) in [6.45, 7) is 9.73. The van der Waals surface area contributed by atoms with Crippen LogP contribution < -0.4 is 5.32 Å². The number of carboxylic acids is 1. The monoisotopic (exact) mass is 313 g/mol. The fourth-order valence-electron chi connectivity index (χ4n) is 3.12. The van der Waals surface area contributed by atoms with Crippen molar-refractivity contribution < 1.29 is 19.4 Å². The van der Waals surface area contributed by atoms with E-state index in [0.717, 1.165) is 25.7 Å². The van der Waals surface area contributed by atoms with Crippen LogP contribution in [0, 0.1) is 17.3 Å². The van der Waals surface area contributed by atoms with E-state index in [1.165, 1.54) is 0 Å². The molecule has 0 saturated heterocycles. The van der Waals surface area contributed by atoms with Gasteiger partial charge in [-0.1, -0.05) is 26.7 Å². The van der Waals surface area contributed by atoms with Crippen molar-refractivity contribution >= 4 is 12.1 Å². The zero-order chi connectivity index (χ0) is 17.0. The van der Waals surface area contributed by atoms with Gasteiger partial charge in [-0.15, -0.1) is 0 Å². The third-order valence-electron chi connectivity index (χ3n) is 4.23. The molecule has 5 nitrogen and oxygen atoms in total. The molecule has 0 spiro atoms. The maximum absolute atomic E-state index is 11.9. The summed E-state index contributed by atoms with van der Waals surface area (Å²) >= 11 is 0. The number of hydrogen-bond acceptors (Lipinski definition) is 3. The van der Waals surface area contributed by atoms with Gasteiger partial charge >= 0.3 is 12.1 Å². The number of carbonyl (C=O) groups is 2. The molecule has 0 aliphatic heterocycles. The van der Waals surface area contributed by atoms with Crippen molar-refractivity contribution in [3.63, 3.8) is 0 Å². The van der Waals surface area contributed by atoms with E-state index in [9.17, 15) is 14.7 Å². The lowest BCUT2D eigenvalue weighted by Gasteiger charge is -2.33. The second kappa shape index (κ2) is 7.34. The number of alkyl carbamates (subject to hydrolysis) is 1. The number of hydrogen-bond donors (Lipinski definition) is 2.